The highest BCUT2D eigenvalue weighted by Crippen LogP contribution is 2.37. The van der Waals surface area contributed by atoms with Gasteiger partial charge in [-0.1, -0.05) is 0 Å². The van der Waals surface area contributed by atoms with Crippen LogP contribution in [0.15, 0.2) is 30.3 Å². The van der Waals surface area contributed by atoms with Gasteiger partial charge in [0.15, 0.2) is 5.69 Å². The number of hydrogen-bond donors (Lipinski definition) is 1. The molecule has 0 saturated heterocycles. The Morgan fingerprint density at radius 3 is 1.92 bits per heavy atom. The zero-order chi connectivity index (χ0) is 18.8. The number of aromatic nitrogens is 2. The minimum atomic E-state index is -5.01. The molecule has 0 aliphatic carbocycles. The minimum absolute atomic E-state index is 0.0388. The number of ether oxygens (including phenoxy) is 1. The summed E-state index contributed by atoms with van der Waals surface area (Å²) in [6.07, 6.45) is -10.0. The molecule has 2 aromatic rings. The van der Waals surface area contributed by atoms with E-state index in [0.29, 0.717) is 12.1 Å². The maximum atomic E-state index is 12.8. The molecule has 0 atom stereocenters. The summed E-state index contributed by atoms with van der Waals surface area (Å²) in [4.78, 5) is 11.9. The zero-order valence-electron chi connectivity index (χ0n) is 12.4. The summed E-state index contributed by atoms with van der Waals surface area (Å²) in [5.74, 6) is -0.947. The molecule has 1 heterocycles. The molecule has 0 aliphatic heterocycles. The number of methoxy groups -OCH3 is 1. The van der Waals surface area contributed by atoms with Crippen molar-refractivity contribution in [3.63, 3.8) is 0 Å². The van der Waals surface area contributed by atoms with Crippen molar-refractivity contribution in [1.82, 2.24) is 10.2 Å². The number of anilines is 1. The molecule has 0 saturated carbocycles. The first-order valence-electron chi connectivity index (χ1n) is 6.49. The Morgan fingerprint density at radius 1 is 0.960 bits per heavy atom. The highest BCUT2D eigenvalue weighted by Gasteiger charge is 2.37. The van der Waals surface area contributed by atoms with Crippen molar-refractivity contribution >= 4 is 11.6 Å². The van der Waals surface area contributed by atoms with Gasteiger partial charge in [-0.2, -0.15) is 26.3 Å². The fourth-order valence-corrected chi connectivity index (χ4v) is 1.77. The molecular formula is C14H9F6N3O2. The van der Waals surface area contributed by atoms with Crippen LogP contribution < -0.4 is 10.1 Å². The lowest BCUT2D eigenvalue weighted by Crippen LogP contribution is -2.17. The molecule has 0 radical (unpaired) electrons. The summed E-state index contributed by atoms with van der Waals surface area (Å²) in [5, 5.41) is 8.88. The molecule has 0 fully saturated rings. The van der Waals surface area contributed by atoms with Gasteiger partial charge in [0.25, 0.3) is 5.91 Å². The molecule has 0 bridgehead atoms. The molecule has 134 valence electrons. The summed E-state index contributed by atoms with van der Waals surface area (Å²) in [6.45, 7) is 0. The highest BCUT2D eigenvalue weighted by atomic mass is 19.4. The van der Waals surface area contributed by atoms with Gasteiger partial charge in [-0.05, 0) is 24.3 Å². The van der Waals surface area contributed by atoms with E-state index in [2.05, 4.69) is 10.2 Å². The molecule has 1 aromatic heterocycles. The van der Waals surface area contributed by atoms with E-state index in [9.17, 15) is 31.1 Å². The number of amides is 1. The predicted molar refractivity (Wildman–Crippen MR) is 73.0 cm³/mol. The van der Waals surface area contributed by atoms with Crippen LogP contribution in [0.2, 0.25) is 0 Å². The van der Waals surface area contributed by atoms with Crippen LogP contribution in [0.4, 0.5) is 32.0 Å². The van der Waals surface area contributed by atoms with Crippen molar-refractivity contribution in [2.24, 2.45) is 0 Å². The molecule has 1 amide bonds. The number of carbonyl (C=O) groups excluding carboxylic acids is 1. The fourth-order valence-electron chi connectivity index (χ4n) is 1.77. The van der Waals surface area contributed by atoms with Crippen molar-refractivity contribution in [2.75, 3.05) is 12.4 Å². The lowest BCUT2D eigenvalue weighted by Gasteiger charge is -2.14. The average molecular weight is 365 g/mol. The molecule has 1 aromatic carbocycles. The van der Waals surface area contributed by atoms with Gasteiger partial charge in [0, 0.05) is 11.8 Å². The normalized spacial score (nSPS) is 12.0. The van der Waals surface area contributed by atoms with E-state index in [-0.39, 0.29) is 17.6 Å². The summed E-state index contributed by atoms with van der Waals surface area (Å²) in [7, 11) is 1.30. The molecule has 1 N–H and O–H groups in total. The van der Waals surface area contributed by atoms with Gasteiger partial charge in [-0.25, -0.2) is 0 Å². The third-order valence-corrected chi connectivity index (χ3v) is 2.93. The molecular weight excluding hydrogens is 356 g/mol. The van der Waals surface area contributed by atoms with E-state index in [0.717, 1.165) is 6.07 Å². The lowest BCUT2D eigenvalue weighted by atomic mass is 10.1. The van der Waals surface area contributed by atoms with Gasteiger partial charge < -0.3 is 10.1 Å². The Morgan fingerprint density at radius 2 is 1.52 bits per heavy atom. The monoisotopic (exact) mass is 365 g/mol. The van der Waals surface area contributed by atoms with E-state index in [1.807, 2.05) is 5.32 Å². The number of nitrogens with one attached hydrogen (secondary N) is 1. The smallest absolute Gasteiger partial charge is 0.416 e. The Hall–Kier alpha value is -2.85. The number of alkyl halides is 6. The Balaban J connectivity index is 2.35. The van der Waals surface area contributed by atoms with Gasteiger partial charge in [0.2, 0.25) is 5.88 Å². The summed E-state index contributed by atoms with van der Waals surface area (Å²) >= 11 is 0. The number of benzene rings is 1. The van der Waals surface area contributed by atoms with Gasteiger partial charge in [0.1, 0.15) is 0 Å². The standard InChI is InChI=1S/C14H9F6N3O2/c1-25-11-3-2-10(22-23-11)12(24)21-9-5-7(13(15,16)17)4-8(6-9)14(18,19)20/h2-6H,1H3,(H,21,24). The van der Waals surface area contributed by atoms with Crippen molar-refractivity contribution in [2.45, 2.75) is 12.4 Å². The summed E-state index contributed by atoms with van der Waals surface area (Å²) < 4.78 is 81.3. The van der Waals surface area contributed by atoms with Crippen LogP contribution in [0, 0.1) is 0 Å². The summed E-state index contributed by atoms with van der Waals surface area (Å²) in [6, 6.07) is 3.16. The van der Waals surface area contributed by atoms with Crippen molar-refractivity contribution in [3.8, 4) is 5.88 Å². The molecule has 2 rings (SSSR count). The number of nitrogens with zero attached hydrogens (tertiary/aromatic N) is 2. The van der Waals surface area contributed by atoms with Crippen LogP contribution in [0.5, 0.6) is 5.88 Å². The Bertz CT molecular complexity index is 739. The second-order valence-corrected chi connectivity index (χ2v) is 4.71. The lowest BCUT2D eigenvalue weighted by molar-refractivity contribution is -0.143. The quantitative estimate of drug-likeness (QED) is 0.841. The third kappa shape index (κ3) is 4.58. The third-order valence-electron chi connectivity index (χ3n) is 2.93. The zero-order valence-corrected chi connectivity index (χ0v) is 12.4. The first-order chi connectivity index (χ1) is 11.5. The topological polar surface area (TPSA) is 64.1 Å². The second-order valence-electron chi connectivity index (χ2n) is 4.71. The van der Waals surface area contributed by atoms with Gasteiger partial charge in [0.05, 0.1) is 18.2 Å². The molecule has 0 spiro atoms. The largest absolute Gasteiger partial charge is 0.480 e. The Kier molecular flexibility index (Phi) is 4.86. The van der Waals surface area contributed by atoms with Crippen molar-refractivity contribution in [1.29, 1.82) is 0 Å². The van der Waals surface area contributed by atoms with Crippen LogP contribution >= 0.6 is 0 Å². The van der Waals surface area contributed by atoms with Crippen LogP contribution in [-0.4, -0.2) is 23.2 Å². The Labute approximate surface area is 136 Å². The van der Waals surface area contributed by atoms with Gasteiger partial charge in [-0.3, -0.25) is 4.79 Å². The number of rotatable bonds is 3. The first-order valence-corrected chi connectivity index (χ1v) is 6.49. The van der Waals surface area contributed by atoms with Crippen LogP contribution in [0.1, 0.15) is 21.6 Å². The molecule has 25 heavy (non-hydrogen) atoms. The SMILES string of the molecule is COc1ccc(C(=O)Nc2cc(C(F)(F)F)cc(C(F)(F)F)c2)nn1. The maximum absolute atomic E-state index is 12.8. The molecule has 0 aliphatic rings. The second kappa shape index (κ2) is 6.57. The molecule has 11 heteroatoms. The molecule has 0 unspecified atom stereocenters. The molecule has 5 nitrogen and oxygen atoms in total. The number of carbonyl (C=O) groups is 1. The van der Waals surface area contributed by atoms with E-state index >= 15 is 0 Å². The first kappa shape index (κ1) is 18.5. The van der Waals surface area contributed by atoms with E-state index < -0.39 is 35.1 Å². The predicted octanol–water partition coefficient (Wildman–Crippen LogP) is 3.78. The fraction of sp³-hybridized carbons (Fsp3) is 0.214. The van der Waals surface area contributed by atoms with E-state index in [1.165, 1.54) is 13.2 Å². The van der Waals surface area contributed by atoms with Crippen LogP contribution in [0.3, 0.4) is 0 Å². The highest BCUT2D eigenvalue weighted by molar-refractivity contribution is 6.02. The van der Waals surface area contributed by atoms with Gasteiger partial charge >= 0.3 is 12.4 Å². The van der Waals surface area contributed by atoms with E-state index in [1.54, 1.807) is 0 Å². The minimum Gasteiger partial charge on any atom is -0.480 e. The van der Waals surface area contributed by atoms with Crippen LogP contribution in [0.25, 0.3) is 0 Å². The van der Waals surface area contributed by atoms with Crippen molar-refractivity contribution < 1.29 is 35.9 Å². The number of hydrogen-bond acceptors (Lipinski definition) is 4. The van der Waals surface area contributed by atoms with Crippen molar-refractivity contribution in [3.05, 3.63) is 47.2 Å². The van der Waals surface area contributed by atoms with E-state index in [4.69, 9.17) is 4.74 Å². The maximum Gasteiger partial charge on any atom is 0.416 e. The van der Waals surface area contributed by atoms with Gasteiger partial charge in [-0.15, -0.1) is 10.2 Å². The number of halogens is 6. The average Bonchev–Trinajstić information content (AvgIpc) is 2.53. The van der Waals surface area contributed by atoms with Crippen LogP contribution in [-0.2, 0) is 12.4 Å². The summed E-state index contributed by atoms with van der Waals surface area (Å²) in [5.41, 5.74) is -4.08.